The molecule has 1 heterocycles. The summed E-state index contributed by atoms with van der Waals surface area (Å²) in [5.41, 5.74) is 0. The smallest absolute Gasteiger partial charge is 0.151 e. The van der Waals surface area contributed by atoms with Gasteiger partial charge >= 0.3 is 0 Å². The number of aliphatic hydroxyl groups excluding tert-OH is 1. The maximum atomic E-state index is 10.5. The van der Waals surface area contributed by atoms with E-state index >= 15 is 0 Å². The van der Waals surface area contributed by atoms with E-state index in [1.807, 2.05) is 43.3 Å². The Bertz CT molecular complexity index is 818. The van der Waals surface area contributed by atoms with Gasteiger partial charge in [-0.05, 0) is 49.7 Å². The van der Waals surface area contributed by atoms with Crippen LogP contribution in [0.3, 0.4) is 0 Å². The van der Waals surface area contributed by atoms with Crippen molar-refractivity contribution in [3.05, 3.63) is 65.6 Å². The van der Waals surface area contributed by atoms with Gasteiger partial charge in [0.1, 0.15) is 11.5 Å². The van der Waals surface area contributed by atoms with Gasteiger partial charge in [-0.25, -0.2) is 0 Å². The van der Waals surface area contributed by atoms with Gasteiger partial charge in [0, 0.05) is 10.1 Å². The van der Waals surface area contributed by atoms with E-state index in [-0.39, 0.29) is 5.75 Å². The number of phenols is 1. The molecule has 3 aromatic rings. The number of phenolic OH excluding ortho intramolecular Hbond substituents is 1. The molecule has 2 aromatic carbocycles. The third kappa shape index (κ3) is 3.38. The summed E-state index contributed by atoms with van der Waals surface area (Å²) in [4.78, 5) is 0.817. The van der Waals surface area contributed by atoms with Crippen LogP contribution in [0.1, 0.15) is 24.3 Å². The number of aliphatic hydroxyl groups is 1. The number of thiophene rings is 1. The van der Waals surface area contributed by atoms with Gasteiger partial charge in [-0.2, -0.15) is 0 Å². The minimum Gasteiger partial charge on any atom is -0.508 e. The van der Waals surface area contributed by atoms with Crippen LogP contribution >= 0.6 is 11.3 Å². The summed E-state index contributed by atoms with van der Waals surface area (Å²) < 4.78 is 7.11. The average molecular weight is 326 g/mol. The standard InChI is InChI=1S/C19H18O3S/c1-2-3-7-16(21)19-18(15-6-4-5-8-17(15)23-19)22-14-11-9-13(20)10-12-14/h2-6,8-12,16,20-21H,7H2,1H3. The largest absolute Gasteiger partial charge is 0.508 e. The molecule has 0 aliphatic heterocycles. The summed E-state index contributed by atoms with van der Waals surface area (Å²) in [5.74, 6) is 1.51. The molecule has 0 aliphatic rings. The van der Waals surface area contributed by atoms with Crippen LogP contribution in [0.4, 0.5) is 0 Å². The summed E-state index contributed by atoms with van der Waals surface area (Å²) in [6, 6.07) is 14.5. The van der Waals surface area contributed by atoms with Crippen molar-refractivity contribution in [2.45, 2.75) is 19.4 Å². The molecule has 4 heteroatoms. The molecule has 3 rings (SSSR count). The van der Waals surface area contributed by atoms with E-state index < -0.39 is 6.10 Å². The molecule has 1 atom stereocenters. The SMILES string of the molecule is CC=CCC(O)c1sc2ccccc2c1Oc1ccc(O)cc1. The number of hydrogen-bond donors (Lipinski definition) is 2. The predicted molar refractivity (Wildman–Crippen MR) is 94.4 cm³/mol. The fourth-order valence-corrected chi connectivity index (χ4v) is 3.50. The molecule has 118 valence electrons. The van der Waals surface area contributed by atoms with Crippen molar-refractivity contribution < 1.29 is 14.9 Å². The number of benzene rings is 2. The first kappa shape index (κ1) is 15.6. The Balaban J connectivity index is 2.03. The first-order valence-corrected chi connectivity index (χ1v) is 8.28. The van der Waals surface area contributed by atoms with E-state index in [1.54, 1.807) is 35.6 Å². The molecule has 0 fully saturated rings. The Morgan fingerprint density at radius 2 is 1.87 bits per heavy atom. The van der Waals surface area contributed by atoms with Crippen LogP contribution in [0.2, 0.25) is 0 Å². The minimum absolute atomic E-state index is 0.195. The van der Waals surface area contributed by atoms with Gasteiger partial charge in [0.15, 0.2) is 5.75 Å². The summed E-state index contributed by atoms with van der Waals surface area (Å²) >= 11 is 1.55. The molecule has 0 spiro atoms. The molecule has 0 saturated heterocycles. The molecule has 0 saturated carbocycles. The molecule has 3 nitrogen and oxygen atoms in total. The molecule has 1 aromatic heterocycles. The molecule has 2 N–H and O–H groups in total. The van der Waals surface area contributed by atoms with E-state index in [2.05, 4.69) is 0 Å². The van der Waals surface area contributed by atoms with E-state index in [9.17, 15) is 10.2 Å². The molecule has 0 bridgehead atoms. The number of fused-ring (bicyclic) bond motifs is 1. The number of ether oxygens (including phenoxy) is 1. The lowest BCUT2D eigenvalue weighted by atomic mass is 10.1. The first-order valence-electron chi connectivity index (χ1n) is 7.46. The third-order valence-electron chi connectivity index (χ3n) is 3.53. The van der Waals surface area contributed by atoms with Crippen molar-refractivity contribution in [2.75, 3.05) is 0 Å². The maximum Gasteiger partial charge on any atom is 0.151 e. The maximum absolute atomic E-state index is 10.5. The summed E-state index contributed by atoms with van der Waals surface area (Å²) in [7, 11) is 0. The minimum atomic E-state index is -0.601. The number of allylic oxidation sites excluding steroid dienone is 1. The summed E-state index contributed by atoms with van der Waals surface area (Å²) in [6.45, 7) is 1.94. The average Bonchev–Trinajstić information content (AvgIpc) is 2.93. The third-order valence-corrected chi connectivity index (χ3v) is 4.78. The van der Waals surface area contributed by atoms with Gasteiger partial charge < -0.3 is 14.9 Å². The first-order chi connectivity index (χ1) is 11.2. The lowest BCUT2D eigenvalue weighted by molar-refractivity contribution is 0.182. The van der Waals surface area contributed by atoms with Crippen LogP contribution in [-0.4, -0.2) is 10.2 Å². The topological polar surface area (TPSA) is 49.7 Å². The lowest BCUT2D eigenvalue weighted by Crippen LogP contribution is -1.95. The molecule has 0 amide bonds. The monoisotopic (exact) mass is 326 g/mol. The van der Waals surface area contributed by atoms with Crippen molar-refractivity contribution in [3.63, 3.8) is 0 Å². The second-order valence-electron chi connectivity index (χ2n) is 5.21. The van der Waals surface area contributed by atoms with Crippen molar-refractivity contribution >= 4 is 21.4 Å². The van der Waals surface area contributed by atoms with Crippen LogP contribution < -0.4 is 4.74 Å². The van der Waals surface area contributed by atoms with Crippen molar-refractivity contribution in [2.24, 2.45) is 0 Å². The Labute approximate surface area is 139 Å². The van der Waals surface area contributed by atoms with E-state index in [0.717, 1.165) is 15.0 Å². The van der Waals surface area contributed by atoms with Crippen LogP contribution in [0.5, 0.6) is 17.2 Å². The second-order valence-corrected chi connectivity index (χ2v) is 6.29. The molecular formula is C19H18O3S. The van der Waals surface area contributed by atoms with Crippen LogP contribution in [0.15, 0.2) is 60.7 Å². The highest BCUT2D eigenvalue weighted by molar-refractivity contribution is 7.19. The van der Waals surface area contributed by atoms with Crippen LogP contribution in [-0.2, 0) is 0 Å². The molecule has 0 aliphatic carbocycles. The Hall–Kier alpha value is -2.30. The highest BCUT2D eigenvalue weighted by Gasteiger charge is 2.20. The highest BCUT2D eigenvalue weighted by atomic mass is 32.1. The van der Waals surface area contributed by atoms with E-state index in [1.165, 1.54) is 0 Å². The van der Waals surface area contributed by atoms with Crippen molar-refractivity contribution in [1.82, 2.24) is 0 Å². The van der Waals surface area contributed by atoms with Gasteiger partial charge in [0.2, 0.25) is 0 Å². The van der Waals surface area contributed by atoms with Crippen molar-refractivity contribution in [1.29, 1.82) is 0 Å². The number of aromatic hydroxyl groups is 1. The Kier molecular flexibility index (Phi) is 4.65. The Morgan fingerprint density at radius 1 is 1.13 bits per heavy atom. The zero-order valence-electron chi connectivity index (χ0n) is 12.8. The zero-order chi connectivity index (χ0) is 16.2. The van der Waals surface area contributed by atoms with Gasteiger partial charge in [-0.1, -0.05) is 24.3 Å². The normalized spacial score (nSPS) is 12.8. The Morgan fingerprint density at radius 3 is 2.61 bits per heavy atom. The van der Waals surface area contributed by atoms with Crippen LogP contribution in [0.25, 0.3) is 10.1 Å². The van der Waals surface area contributed by atoms with Crippen LogP contribution in [0, 0.1) is 0 Å². The summed E-state index contributed by atoms with van der Waals surface area (Å²) in [6.07, 6.45) is 3.82. The van der Waals surface area contributed by atoms with E-state index in [0.29, 0.717) is 17.9 Å². The highest BCUT2D eigenvalue weighted by Crippen LogP contribution is 2.44. The van der Waals surface area contributed by atoms with E-state index in [4.69, 9.17) is 4.74 Å². The molecular weight excluding hydrogens is 308 g/mol. The fraction of sp³-hybridized carbons (Fsp3) is 0.158. The molecule has 1 unspecified atom stereocenters. The zero-order valence-corrected chi connectivity index (χ0v) is 13.6. The summed E-state index contributed by atoms with van der Waals surface area (Å²) in [5, 5.41) is 20.9. The number of rotatable bonds is 5. The predicted octanol–water partition coefficient (Wildman–Crippen LogP) is 5.40. The van der Waals surface area contributed by atoms with Crippen molar-refractivity contribution in [3.8, 4) is 17.2 Å². The quantitative estimate of drug-likeness (QED) is 0.617. The second kappa shape index (κ2) is 6.86. The molecule has 0 radical (unpaired) electrons. The van der Waals surface area contributed by atoms with Gasteiger partial charge in [-0.15, -0.1) is 11.3 Å². The van der Waals surface area contributed by atoms with Gasteiger partial charge in [0.05, 0.1) is 11.0 Å². The fourth-order valence-electron chi connectivity index (χ4n) is 2.37. The number of hydrogen-bond acceptors (Lipinski definition) is 4. The van der Waals surface area contributed by atoms with Gasteiger partial charge in [0.25, 0.3) is 0 Å². The lowest BCUT2D eigenvalue weighted by Gasteiger charge is -2.11. The molecule has 23 heavy (non-hydrogen) atoms. The van der Waals surface area contributed by atoms with Gasteiger partial charge in [-0.3, -0.25) is 0 Å².